The van der Waals surface area contributed by atoms with Gasteiger partial charge in [0.1, 0.15) is 29.7 Å². The van der Waals surface area contributed by atoms with Crippen molar-refractivity contribution < 1.29 is 72.6 Å². The molecule has 29 nitrogen and oxygen atoms in total. The molecule has 0 aromatic carbocycles. The van der Waals surface area contributed by atoms with Crippen molar-refractivity contribution in [3.8, 4) is 0 Å². The van der Waals surface area contributed by atoms with Crippen molar-refractivity contribution in [2.75, 3.05) is 12.8 Å². The van der Waals surface area contributed by atoms with Gasteiger partial charge in [0.2, 0.25) is 6.41 Å². The maximum absolute atomic E-state index is 12.8. The summed E-state index contributed by atoms with van der Waals surface area (Å²) in [5.74, 6) is -3.52. The number of nitrogens with two attached hydrogens (primary N) is 1. The number of hydrogen-bond acceptors (Lipinski definition) is 16. The summed E-state index contributed by atoms with van der Waals surface area (Å²) in [7, 11) is 16.5. The van der Waals surface area contributed by atoms with Gasteiger partial charge < -0.3 is 66.6 Å². The molecule has 0 amide bonds. The summed E-state index contributed by atoms with van der Waals surface area (Å²) in [5.41, 5.74) is 14.0. The molecule has 0 saturated heterocycles. The Morgan fingerprint density at radius 3 is 1.01 bits per heavy atom. The molecule has 10 heterocycles. The lowest BCUT2D eigenvalue weighted by Gasteiger charge is -2.00. The number of nitro groups is 1. The van der Waals surface area contributed by atoms with Crippen LogP contribution in [-0.2, 0) is 123 Å². The molecule has 10 rings (SSSR count). The molecule has 0 radical (unpaired) electrons. The number of carboxylic acids is 2. The molecule has 0 aliphatic rings. The van der Waals surface area contributed by atoms with Gasteiger partial charge in [0.05, 0.1) is 58.1 Å². The molecule has 10 aromatic heterocycles. The van der Waals surface area contributed by atoms with E-state index in [9.17, 15) is 62.9 Å². The fraction of sp³-hybridized carbons (Fsp3) is 0.254. The van der Waals surface area contributed by atoms with Crippen LogP contribution in [0, 0.1) is 10.1 Å². The Bertz CT molecular complexity index is 4630. The number of esters is 1. The summed E-state index contributed by atoms with van der Waals surface area (Å²) in [5, 5.41) is 29.2. The van der Waals surface area contributed by atoms with Gasteiger partial charge in [-0.1, -0.05) is 0 Å². The van der Waals surface area contributed by atoms with Gasteiger partial charge >= 0.3 is 17.9 Å². The fourth-order valence-corrected chi connectivity index (χ4v) is 10.8. The first kappa shape index (κ1) is 71.1. The van der Waals surface area contributed by atoms with Crippen molar-refractivity contribution in [3.63, 3.8) is 0 Å². The van der Waals surface area contributed by atoms with Crippen molar-refractivity contribution in [2.24, 2.45) is 63.4 Å². The summed E-state index contributed by atoms with van der Waals surface area (Å²) in [6.07, 6.45) is 21.7. The molecule has 96 heavy (non-hydrogen) atoms. The summed E-state index contributed by atoms with van der Waals surface area (Å²) in [6.45, 7) is 0. The van der Waals surface area contributed by atoms with Crippen LogP contribution in [0.3, 0.4) is 0 Å². The quantitative estimate of drug-likeness (QED) is 0.0194. The number of carbonyl (C=O) groups excluding carboxylic acids is 9. The largest absolute Gasteiger partial charge is 0.477 e. The number of methoxy groups -OCH3 is 1. The molecular weight excluding hydrogens is 1240 g/mol. The Morgan fingerprint density at radius 2 is 0.740 bits per heavy atom. The zero-order valence-electron chi connectivity index (χ0n) is 54.3. The highest BCUT2D eigenvalue weighted by molar-refractivity contribution is 6.02. The first-order valence-electron chi connectivity index (χ1n) is 29.3. The summed E-state index contributed by atoms with van der Waals surface area (Å²) in [6, 6.07) is 14.2. The third-order valence-corrected chi connectivity index (χ3v) is 15.4. The van der Waals surface area contributed by atoms with Crippen LogP contribution in [0.4, 0.5) is 11.4 Å². The Balaban J connectivity index is 0.000000193. The van der Waals surface area contributed by atoms with Crippen LogP contribution in [-0.4, -0.2) is 138 Å². The molecule has 0 fully saturated rings. The lowest BCUT2D eigenvalue weighted by atomic mass is 10.1. The maximum atomic E-state index is 12.8. The van der Waals surface area contributed by atoms with Crippen LogP contribution in [0.5, 0.6) is 0 Å². The van der Waals surface area contributed by atoms with Crippen LogP contribution in [0.25, 0.3) is 0 Å². The van der Waals surface area contributed by atoms with E-state index in [2.05, 4.69) is 4.98 Å². The highest BCUT2D eigenvalue weighted by Gasteiger charge is 2.24. The molecule has 0 aliphatic carbocycles. The molecule has 0 spiro atoms. The van der Waals surface area contributed by atoms with Gasteiger partial charge in [0, 0.05) is 176 Å². The monoisotopic (exact) mass is 1310 g/mol. The van der Waals surface area contributed by atoms with Gasteiger partial charge in [0.25, 0.3) is 5.69 Å². The van der Waals surface area contributed by atoms with Gasteiger partial charge in [0.15, 0.2) is 34.7 Å². The number of ketones is 6. The van der Waals surface area contributed by atoms with Crippen LogP contribution in [0.2, 0.25) is 0 Å². The number of nitrogen functional groups attached to an aromatic ring is 1. The standard InChI is InChI=1S/C22H23N3O5.C21H22N4O6.C20H22N4O4.C4H4N2O/c1-23-11-14(4-5-26)6-17(23)20(27)9-15-7-18(24(2)12-15)21(28)10-16-8-19(22(29)30)25(3)13-16;1-22-10-13(7-20(27)17-9-15(25(29)30)12-24(17)3)5-16(22)19(26)8-14-6-18(21(28)31-4)23(2)11-14;1-22-9-12(6-19(26)16-8-14(21)11-24(16)3)4-15(22)18(25)7-13-5-17(20(27)28)23(2)10-13;7-4-6-2-1-5-3-6/h5-8,11-13H,4,9-10H2,1-3H3,(H,29,30);5-6,9-12H,7-8H2,1-4H3;4-5,8-11H,6-7,21H2,1-3H3,(H,27,28);1-4H. The van der Waals surface area contributed by atoms with Crippen molar-refractivity contribution in [2.45, 2.75) is 44.9 Å². The number of ether oxygens (including phenoxy) is 1. The first-order chi connectivity index (χ1) is 45.4. The minimum atomic E-state index is -1.05. The number of carbonyl (C=O) groups is 11. The van der Waals surface area contributed by atoms with E-state index in [1.54, 1.807) is 189 Å². The van der Waals surface area contributed by atoms with Crippen molar-refractivity contribution in [1.29, 1.82) is 0 Å². The minimum Gasteiger partial charge on any atom is -0.477 e. The molecule has 0 atom stereocenters. The van der Waals surface area contributed by atoms with Gasteiger partial charge in [-0.05, 0) is 87.5 Å². The molecule has 500 valence electrons. The fourth-order valence-electron chi connectivity index (χ4n) is 10.8. The molecule has 0 aliphatic heterocycles. The molecular formula is C67H71N13O16. The number of aryl methyl sites for hydroxylation is 9. The third kappa shape index (κ3) is 17.6. The number of anilines is 1. The molecule has 29 heteroatoms. The molecule has 0 saturated carbocycles. The Kier molecular flexibility index (Phi) is 22.9. The SMILES string of the molecule is COC(=O)c1cc(CC(=O)c2cc(CC(=O)c3cc([N+](=O)[O-])cn3C)cn2C)cn1C.Cn1cc(CC(=O)c2cc(CC(=O)c3cc(CC=O)cn3C)cn2C)cc1C(=O)O.Cn1cc(CC(=O)c2cc(CC(=O)c3cc(N)cn3C)cn2C)cc1C(=O)O.O=Cn1ccnc1. The number of carboxylic acid groups (broad SMARTS) is 2. The highest BCUT2D eigenvalue weighted by atomic mass is 16.6. The van der Waals surface area contributed by atoms with E-state index in [1.165, 1.54) is 56.1 Å². The van der Waals surface area contributed by atoms with Crippen LogP contribution in [0.1, 0.15) is 133 Å². The number of aldehydes is 1. The predicted molar refractivity (Wildman–Crippen MR) is 347 cm³/mol. The second-order valence-electron chi connectivity index (χ2n) is 22.8. The molecule has 4 N–H and O–H groups in total. The van der Waals surface area contributed by atoms with Crippen LogP contribution in [0.15, 0.2) is 129 Å². The van der Waals surface area contributed by atoms with E-state index in [0.717, 1.165) is 17.4 Å². The minimum absolute atomic E-state index is 0.00789. The predicted octanol–water partition coefficient (Wildman–Crippen LogP) is 5.99. The second kappa shape index (κ2) is 30.9. The number of nitrogens with zero attached hydrogens (tertiary/aromatic N) is 12. The van der Waals surface area contributed by atoms with Crippen LogP contribution < -0.4 is 5.73 Å². The summed E-state index contributed by atoms with van der Waals surface area (Å²) < 4.78 is 20.4. The number of rotatable bonds is 25. The van der Waals surface area contributed by atoms with E-state index >= 15 is 0 Å². The van der Waals surface area contributed by atoms with E-state index in [1.807, 2.05) is 0 Å². The van der Waals surface area contributed by atoms with Crippen molar-refractivity contribution >= 4 is 76.7 Å². The lowest BCUT2D eigenvalue weighted by Crippen LogP contribution is -2.08. The lowest BCUT2D eigenvalue weighted by molar-refractivity contribution is -0.384. The molecule has 0 unspecified atom stereocenters. The van der Waals surface area contributed by atoms with Gasteiger partial charge in [-0.3, -0.25) is 48.2 Å². The maximum Gasteiger partial charge on any atom is 0.354 e. The van der Waals surface area contributed by atoms with Gasteiger partial charge in [-0.15, -0.1) is 0 Å². The Labute approximate surface area is 548 Å². The number of imidazole rings is 1. The van der Waals surface area contributed by atoms with E-state index in [-0.39, 0.29) is 102 Å². The third-order valence-electron chi connectivity index (χ3n) is 15.4. The normalized spacial score (nSPS) is 10.7. The Hall–Kier alpha value is -12.3. The van der Waals surface area contributed by atoms with Gasteiger partial charge in [-0.2, -0.15) is 0 Å². The average Bonchev–Trinajstić information content (AvgIpc) is 1.69. The van der Waals surface area contributed by atoms with E-state index in [0.29, 0.717) is 74.1 Å². The highest BCUT2D eigenvalue weighted by Crippen LogP contribution is 2.22. The molecule has 10 aromatic rings. The first-order valence-corrected chi connectivity index (χ1v) is 29.3. The topological polar surface area (TPSA) is 369 Å². The van der Waals surface area contributed by atoms with E-state index in [4.69, 9.17) is 20.7 Å². The summed E-state index contributed by atoms with van der Waals surface area (Å²) in [4.78, 5) is 144. The second-order valence-corrected chi connectivity index (χ2v) is 22.8. The van der Waals surface area contributed by atoms with Crippen molar-refractivity contribution in [3.05, 3.63) is 229 Å². The van der Waals surface area contributed by atoms with Crippen molar-refractivity contribution in [1.82, 2.24) is 50.7 Å². The zero-order chi connectivity index (χ0) is 70.6. The number of aromatic carboxylic acids is 2. The Morgan fingerprint density at radius 1 is 0.448 bits per heavy atom. The van der Waals surface area contributed by atoms with Crippen LogP contribution >= 0.6 is 0 Å². The van der Waals surface area contributed by atoms with Gasteiger partial charge in [-0.25, -0.2) is 19.4 Å². The van der Waals surface area contributed by atoms with E-state index < -0.39 is 22.8 Å². The average molecular weight is 1310 g/mol. The number of Topliss-reactive ketones (excluding diaryl/α,β-unsaturated/α-hetero) is 6. The summed E-state index contributed by atoms with van der Waals surface area (Å²) >= 11 is 0. The number of aromatic nitrogens is 11. The number of hydrogen-bond donors (Lipinski definition) is 3. The molecule has 0 bridgehead atoms. The smallest absolute Gasteiger partial charge is 0.354 e. The zero-order valence-corrected chi connectivity index (χ0v) is 54.3.